The average Bonchev–Trinajstić information content (AvgIpc) is 3.06. The number of hydrogen-bond donors (Lipinski definition) is 0. The van der Waals surface area contributed by atoms with Crippen LogP contribution in [-0.2, 0) is 0 Å². The van der Waals surface area contributed by atoms with Gasteiger partial charge in [0.1, 0.15) is 0 Å². The largest absolute Gasteiger partial charge is 0.103 e. The van der Waals surface area contributed by atoms with Crippen LogP contribution in [0.5, 0.6) is 0 Å². The van der Waals surface area contributed by atoms with Crippen LogP contribution in [0.15, 0.2) is 37.5 Å². The fourth-order valence-corrected chi connectivity index (χ4v) is 6.04. The summed E-state index contributed by atoms with van der Waals surface area (Å²) in [6.45, 7) is 21.4. The van der Waals surface area contributed by atoms with Crippen LogP contribution in [0.2, 0.25) is 0 Å². The molecule has 3 fully saturated rings. The predicted molar refractivity (Wildman–Crippen MR) is 126 cm³/mol. The molecular formula is C28H48. The van der Waals surface area contributed by atoms with Gasteiger partial charge in [0.2, 0.25) is 0 Å². The fourth-order valence-electron chi connectivity index (χ4n) is 6.04. The molecule has 0 nitrogen and oxygen atoms in total. The molecule has 6 unspecified atom stereocenters. The molecule has 160 valence electrons. The lowest BCUT2D eigenvalue weighted by molar-refractivity contribution is 0.204. The fraction of sp³-hybridized carbons (Fsp3) is 0.786. The van der Waals surface area contributed by atoms with E-state index in [0.29, 0.717) is 11.8 Å². The highest BCUT2D eigenvalue weighted by Crippen LogP contribution is 2.47. The Balaban J connectivity index is 0.000000203. The van der Waals surface area contributed by atoms with E-state index in [1.807, 2.05) is 0 Å². The molecule has 3 saturated carbocycles. The topological polar surface area (TPSA) is 0 Å². The van der Waals surface area contributed by atoms with Crippen molar-refractivity contribution in [1.82, 2.24) is 0 Å². The summed E-state index contributed by atoms with van der Waals surface area (Å²) < 4.78 is 0. The first-order chi connectivity index (χ1) is 13.3. The molecule has 0 heterocycles. The normalized spacial score (nSPS) is 35.3. The minimum atomic E-state index is 0.679. The maximum atomic E-state index is 4.24. The van der Waals surface area contributed by atoms with Gasteiger partial charge in [0.05, 0.1) is 0 Å². The van der Waals surface area contributed by atoms with Crippen LogP contribution >= 0.6 is 0 Å². The summed E-state index contributed by atoms with van der Waals surface area (Å²) in [7, 11) is 0. The Labute approximate surface area is 177 Å². The Kier molecular flexibility index (Phi) is 9.58. The van der Waals surface area contributed by atoms with E-state index in [9.17, 15) is 0 Å². The second kappa shape index (κ2) is 11.4. The molecule has 0 spiro atoms. The molecule has 0 radical (unpaired) electrons. The van der Waals surface area contributed by atoms with Crippen molar-refractivity contribution in [2.45, 2.75) is 91.9 Å². The Morgan fingerprint density at radius 2 is 1.61 bits per heavy atom. The molecule has 0 aromatic carbocycles. The summed E-state index contributed by atoms with van der Waals surface area (Å²) in [6, 6.07) is 0. The van der Waals surface area contributed by atoms with Crippen molar-refractivity contribution in [3.05, 3.63) is 37.5 Å². The van der Waals surface area contributed by atoms with Crippen molar-refractivity contribution in [3.8, 4) is 0 Å². The quantitative estimate of drug-likeness (QED) is 0.401. The monoisotopic (exact) mass is 384 g/mol. The van der Waals surface area contributed by atoms with E-state index in [1.54, 1.807) is 5.57 Å². The maximum absolute atomic E-state index is 4.24. The third kappa shape index (κ3) is 6.64. The van der Waals surface area contributed by atoms with Crippen LogP contribution in [0.4, 0.5) is 0 Å². The molecule has 0 aliphatic heterocycles. The number of allylic oxidation sites excluding steroid dienone is 3. The lowest BCUT2D eigenvalue weighted by atomic mass is 9.71. The molecular weight excluding hydrogens is 336 g/mol. The molecule has 0 N–H and O–H groups in total. The third-order valence-electron chi connectivity index (χ3n) is 8.15. The van der Waals surface area contributed by atoms with Gasteiger partial charge in [-0.1, -0.05) is 64.8 Å². The van der Waals surface area contributed by atoms with Crippen LogP contribution < -0.4 is 0 Å². The van der Waals surface area contributed by atoms with E-state index in [4.69, 9.17) is 0 Å². The van der Waals surface area contributed by atoms with Gasteiger partial charge in [-0.15, -0.1) is 13.2 Å². The Morgan fingerprint density at radius 3 is 2.21 bits per heavy atom. The van der Waals surface area contributed by atoms with Crippen molar-refractivity contribution in [1.29, 1.82) is 0 Å². The zero-order valence-electron chi connectivity index (χ0n) is 19.5. The number of rotatable bonds is 6. The van der Waals surface area contributed by atoms with Gasteiger partial charge >= 0.3 is 0 Å². The second-order valence-corrected chi connectivity index (χ2v) is 10.8. The zero-order chi connectivity index (χ0) is 20.7. The SMILES string of the molecule is C=C1CCC2CC(CCC(C)C)CCC12.C=CC1CCC(C(C)C)CC1C=C. The highest BCUT2D eigenvalue weighted by molar-refractivity contribution is 5.10. The molecule has 0 aromatic heterocycles. The first kappa shape index (κ1) is 23.5. The number of fused-ring (bicyclic) bond motifs is 1. The molecule has 6 atom stereocenters. The van der Waals surface area contributed by atoms with E-state index in [0.717, 1.165) is 35.5 Å². The standard InChI is InChI=1S/C15H26.C13H22/c1-11(2)4-6-13-7-9-15-12(3)5-8-14(15)10-13;1-5-11-7-8-13(10(3)4)9-12(11)6-2/h11,13-15H,3-10H2,1-2H3;5-6,10-13H,1-2,7-9H2,3-4H3. The molecule has 0 amide bonds. The van der Waals surface area contributed by atoms with Gasteiger partial charge in [-0.3, -0.25) is 0 Å². The van der Waals surface area contributed by atoms with Gasteiger partial charge < -0.3 is 0 Å². The lowest BCUT2D eigenvalue weighted by Gasteiger charge is -2.34. The minimum absolute atomic E-state index is 0.679. The highest BCUT2D eigenvalue weighted by atomic mass is 14.4. The van der Waals surface area contributed by atoms with Gasteiger partial charge in [-0.05, 0) is 98.7 Å². The van der Waals surface area contributed by atoms with Gasteiger partial charge in [0.25, 0.3) is 0 Å². The Bertz CT molecular complexity index is 496. The van der Waals surface area contributed by atoms with Crippen molar-refractivity contribution < 1.29 is 0 Å². The third-order valence-corrected chi connectivity index (χ3v) is 8.15. The summed E-state index contributed by atoms with van der Waals surface area (Å²) in [5, 5.41) is 0. The van der Waals surface area contributed by atoms with Gasteiger partial charge in [0, 0.05) is 0 Å². The van der Waals surface area contributed by atoms with Gasteiger partial charge in [0.15, 0.2) is 0 Å². The first-order valence-corrected chi connectivity index (χ1v) is 12.3. The van der Waals surface area contributed by atoms with Crippen LogP contribution in [0.25, 0.3) is 0 Å². The van der Waals surface area contributed by atoms with E-state index in [1.165, 1.54) is 64.2 Å². The van der Waals surface area contributed by atoms with Crippen LogP contribution in [0, 0.1) is 47.3 Å². The molecule has 0 bridgehead atoms. The average molecular weight is 385 g/mol. The molecule has 3 aliphatic carbocycles. The lowest BCUT2D eigenvalue weighted by Crippen LogP contribution is -2.24. The van der Waals surface area contributed by atoms with Crippen molar-refractivity contribution in [2.75, 3.05) is 0 Å². The second-order valence-electron chi connectivity index (χ2n) is 10.8. The highest BCUT2D eigenvalue weighted by Gasteiger charge is 2.35. The molecule has 0 aromatic rings. The Morgan fingerprint density at radius 1 is 0.893 bits per heavy atom. The predicted octanol–water partition coefficient (Wildman–Crippen LogP) is 8.85. The van der Waals surface area contributed by atoms with Crippen LogP contribution in [0.3, 0.4) is 0 Å². The first-order valence-electron chi connectivity index (χ1n) is 12.3. The van der Waals surface area contributed by atoms with Gasteiger partial charge in [-0.25, -0.2) is 0 Å². The molecule has 28 heavy (non-hydrogen) atoms. The van der Waals surface area contributed by atoms with E-state index < -0.39 is 0 Å². The minimum Gasteiger partial charge on any atom is -0.103 e. The smallest absolute Gasteiger partial charge is 0.0171 e. The van der Waals surface area contributed by atoms with E-state index >= 15 is 0 Å². The molecule has 0 heteroatoms. The molecule has 3 aliphatic rings. The van der Waals surface area contributed by atoms with Crippen molar-refractivity contribution >= 4 is 0 Å². The van der Waals surface area contributed by atoms with Crippen molar-refractivity contribution in [2.24, 2.45) is 47.3 Å². The number of hydrogen-bond acceptors (Lipinski definition) is 0. The van der Waals surface area contributed by atoms with E-state index in [2.05, 4.69) is 59.6 Å². The van der Waals surface area contributed by atoms with Crippen molar-refractivity contribution in [3.63, 3.8) is 0 Å². The molecule has 3 rings (SSSR count). The van der Waals surface area contributed by atoms with Gasteiger partial charge in [-0.2, -0.15) is 0 Å². The molecule has 0 saturated heterocycles. The summed E-state index contributed by atoms with van der Waals surface area (Å²) in [6.07, 6.45) is 18.4. The summed E-state index contributed by atoms with van der Waals surface area (Å²) in [5.74, 6) is 6.96. The summed E-state index contributed by atoms with van der Waals surface area (Å²) in [4.78, 5) is 0. The van der Waals surface area contributed by atoms with Crippen LogP contribution in [-0.4, -0.2) is 0 Å². The Hall–Kier alpha value is -0.780. The van der Waals surface area contributed by atoms with Crippen LogP contribution in [0.1, 0.15) is 91.9 Å². The summed E-state index contributed by atoms with van der Waals surface area (Å²) in [5.41, 5.74) is 1.57. The zero-order valence-corrected chi connectivity index (χ0v) is 19.5. The summed E-state index contributed by atoms with van der Waals surface area (Å²) >= 11 is 0. The maximum Gasteiger partial charge on any atom is -0.0171 e. The van der Waals surface area contributed by atoms with E-state index in [-0.39, 0.29) is 0 Å².